The van der Waals surface area contributed by atoms with Gasteiger partial charge in [-0.25, -0.2) is 0 Å². The number of hydrogen-bond donors (Lipinski definition) is 1. The van der Waals surface area contributed by atoms with Crippen LogP contribution in [0.3, 0.4) is 0 Å². The Hall–Kier alpha value is -1.36. The number of carbonyl (C=O) groups is 1. The average molecular weight is 300 g/mol. The molecule has 0 heterocycles. The normalized spacial score (nSPS) is 18.5. The third-order valence-electron chi connectivity index (χ3n) is 4.35. The summed E-state index contributed by atoms with van der Waals surface area (Å²) in [5.41, 5.74) is -1.09. The Morgan fingerprint density at radius 2 is 1.86 bits per heavy atom. The Kier molecular flexibility index (Phi) is 4.42. The monoisotopic (exact) mass is 300 g/mol. The first-order valence-electron chi connectivity index (χ1n) is 7.14. The second-order valence-electron chi connectivity index (χ2n) is 5.98. The van der Waals surface area contributed by atoms with E-state index in [0.29, 0.717) is 0 Å². The van der Waals surface area contributed by atoms with Gasteiger partial charge in [0.05, 0.1) is 12.2 Å². The van der Waals surface area contributed by atoms with E-state index in [1.807, 2.05) is 6.92 Å². The number of aliphatic hydroxyl groups is 1. The third kappa shape index (κ3) is 3.28. The Balaban J connectivity index is 2.37. The largest absolute Gasteiger partial charge is 0.416 e. The molecule has 5 heteroatoms. The molecule has 0 bridgehead atoms. The first-order valence-corrected chi connectivity index (χ1v) is 7.14. The van der Waals surface area contributed by atoms with E-state index in [1.54, 1.807) is 0 Å². The maximum absolute atomic E-state index is 12.7. The van der Waals surface area contributed by atoms with Gasteiger partial charge in [0.25, 0.3) is 0 Å². The molecule has 21 heavy (non-hydrogen) atoms. The van der Waals surface area contributed by atoms with Crippen molar-refractivity contribution in [1.29, 1.82) is 0 Å². The molecule has 0 saturated heterocycles. The van der Waals surface area contributed by atoms with Gasteiger partial charge in [0.1, 0.15) is 0 Å². The quantitative estimate of drug-likeness (QED) is 0.843. The number of halogens is 3. The maximum Gasteiger partial charge on any atom is 0.416 e. The highest BCUT2D eigenvalue weighted by Crippen LogP contribution is 2.40. The molecule has 116 valence electrons. The van der Waals surface area contributed by atoms with Crippen LogP contribution in [0.4, 0.5) is 13.2 Å². The Bertz CT molecular complexity index is 529. The maximum atomic E-state index is 12.7. The highest BCUT2D eigenvalue weighted by atomic mass is 19.4. The van der Waals surface area contributed by atoms with Gasteiger partial charge in [-0.2, -0.15) is 13.2 Å². The van der Waals surface area contributed by atoms with Gasteiger partial charge in [-0.3, -0.25) is 4.79 Å². The van der Waals surface area contributed by atoms with Crippen molar-refractivity contribution in [2.75, 3.05) is 0 Å². The SMILES string of the molecule is CC1(C(=O)c2ccc(C(F)(F)F)cc2CO)CCCCC1. The second-order valence-corrected chi connectivity index (χ2v) is 5.98. The highest BCUT2D eigenvalue weighted by molar-refractivity contribution is 6.01. The molecule has 0 aliphatic heterocycles. The van der Waals surface area contributed by atoms with E-state index in [0.717, 1.165) is 44.2 Å². The number of Topliss-reactive ketones (excluding diaryl/α,β-unsaturated/α-hetero) is 1. The minimum absolute atomic E-state index is 0.0571. The zero-order chi connectivity index (χ0) is 15.7. The lowest BCUT2D eigenvalue weighted by atomic mass is 9.70. The van der Waals surface area contributed by atoms with Crippen LogP contribution in [-0.2, 0) is 12.8 Å². The van der Waals surface area contributed by atoms with Gasteiger partial charge in [0, 0.05) is 11.0 Å². The summed E-state index contributed by atoms with van der Waals surface area (Å²) in [5.74, 6) is -0.153. The molecule has 1 fully saturated rings. The van der Waals surface area contributed by atoms with Crippen molar-refractivity contribution < 1.29 is 23.1 Å². The minimum atomic E-state index is -4.47. The molecule has 0 amide bonds. The van der Waals surface area contributed by atoms with Crippen LogP contribution < -0.4 is 0 Å². The number of rotatable bonds is 3. The molecular formula is C16H19F3O2. The van der Waals surface area contributed by atoms with Crippen LogP contribution in [0.25, 0.3) is 0 Å². The van der Waals surface area contributed by atoms with Crippen LogP contribution in [0.2, 0.25) is 0 Å². The summed E-state index contributed by atoms with van der Waals surface area (Å²) in [6.07, 6.45) is 0.0209. The molecule has 0 spiro atoms. The Morgan fingerprint density at radius 1 is 1.24 bits per heavy atom. The first-order chi connectivity index (χ1) is 9.78. The smallest absolute Gasteiger partial charge is 0.392 e. The molecule has 2 nitrogen and oxygen atoms in total. The number of ketones is 1. The molecule has 1 saturated carbocycles. The predicted molar refractivity (Wildman–Crippen MR) is 72.9 cm³/mol. The van der Waals surface area contributed by atoms with Crippen LogP contribution >= 0.6 is 0 Å². The zero-order valence-corrected chi connectivity index (χ0v) is 12.0. The van der Waals surface area contributed by atoms with Crippen LogP contribution in [-0.4, -0.2) is 10.9 Å². The fourth-order valence-electron chi connectivity index (χ4n) is 3.01. The molecule has 1 aromatic rings. The number of hydrogen-bond acceptors (Lipinski definition) is 2. The van der Waals surface area contributed by atoms with Gasteiger partial charge in [-0.15, -0.1) is 0 Å². The summed E-state index contributed by atoms with van der Waals surface area (Å²) >= 11 is 0. The van der Waals surface area contributed by atoms with Gasteiger partial charge >= 0.3 is 6.18 Å². The summed E-state index contributed by atoms with van der Waals surface area (Å²) in [6, 6.07) is 2.99. The third-order valence-corrected chi connectivity index (χ3v) is 4.35. The van der Waals surface area contributed by atoms with Gasteiger partial charge < -0.3 is 5.11 Å². The van der Waals surface area contributed by atoms with Crippen molar-refractivity contribution in [2.45, 2.75) is 51.8 Å². The van der Waals surface area contributed by atoms with Crippen LogP contribution in [0, 0.1) is 5.41 Å². The molecule has 0 radical (unpaired) electrons. The summed E-state index contributed by atoms with van der Waals surface area (Å²) in [4.78, 5) is 12.7. The Morgan fingerprint density at radius 3 is 2.38 bits per heavy atom. The standard InChI is InChI=1S/C16H19F3O2/c1-15(7-3-2-4-8-15)14(21)13-6-5-12(16(17,18)19)9-11(13)10-20/h5-6,9,20H,2-4,7-8,10H2,1H3. The van der Waals surface area contributed by atoms with E-state index < -0.39 is 23.8 Å². The lowest BCUT2D eigenvalue weighted by Gasteiger charge is -2.32. The van der Waals surface area contributed by atoms with Crippen molar-refractivity contribution in [3.05, 3.63) is 34.9 Å². The van der Waals surface area contributed by atoms with Gasteiger partial charge in [0.2, 0.25) is 0 Å². The minimum Gasteiger partial charge on any atom is -0.392 e. The summed E-state index contributed by atoms with van der Waals surface area (Å²) < 4.78 is 38.1. The molecule has 1 N–H and O–H groups in total. The summed E-state index contributed by atoms with van der Waals surface area (Å²) in [5, 5.41) is 9.32. The number of benzene rings is 1. The molecule has 1 aromatic carbocycles. The predicted octanol–water partition coefficient (Wildman–Crippen LogP) is 4.35. The van der Waals surface area contributed by atoms with Gasteiger partial charge in [0.15, 0.2) is 5.78 Å². The van der Waals surface area contributed by atoms with Crippen LogP contribution in [0.1, 0.15) is 60.5 Å². The van der Waals surface area contributed by atoms with E-state index in [9.17, 15) is 23.1 Å². The fourth-order valence-corrected chi connectivity index (χ4v) is 3.01. The van der Waals surface area contributed by atoms with Crippen molar-refractivity contribution in [3.8, 4) is 0 Å². The van der Waals surface area contributed by atoms with E-state index in [4.69, 9.17) is 0 Å². The molecule has 0 atom stereocenters. The first kappa shape index (κ1) is 16.0. The number of carbonyl (C=O) groups excluding carboxylic acids is 1. The van der Waals surface area contributed by atoms with E-state index in [1.165, 1.54) is 6.07 Å². The summed E-state index contributed by atoms with van der Waals surface area (Å²) in [7, 11) is 0. The van der Waals surface area contributed by atoms with E-state index >= 15 is 0 Å². The molecule has 1 aliphatic rings. The molecule has 0 unspecified atom stereocenters. The fraction of sp³-hybridized carbons (Fsp3) is 0.562. The zero-order valence-electron chi connectivity index (χ0n) is 12.0. The molecule has 0 aromatic heterocycles. The van der Waals surface area contributed by atoms with Gasteiger partial charge in [-0.05, 0) is 30.5 Å². The van der Waals surface area contributed by atoms with Crippen molar-refractivity contribution in [3.63, 3.8) is 0 Å². The highest BCUT2D eigenvalue weighted by Gasteiger charge is 2.37. The molecule has 2 rings (SSSR count). The lowest BCUT2D eigenvalue weighted by molar-refractivity contribution is -0.137. The molecular weight excluding hydrogens is 281 g/mol. The van der Waals surface area contributed by atoms with Crippen LogP contribution in [0.15, 0.2) is 18.2 Å². The lowest BCUT2D eigenvalue weighted by Crippen LogP contribution is -2.31. The van der Waals surface area contributed by atoms with Crippen molar-refractivity contribution in [2.24, 2.45) is 5.41 Å². The average Bonchev–Trinajstić information content (AvgIpc) is 2.45. The topological polar surface area (TPSA) is 37.3 Å². The van der Waals surface area contributed by atoms with Gasteiger partial charge in [-0.1, -0.05) is 32.3 Å². The van der Waals surface area contributed by atoms with Crippen LogP contribution in [0.5, 0.6) is 0 Å². The molecule has 1 aliphatic carbocycles. The second kappa shape index (κ2) is 5.79. The van der Waals surface area contributed by atoms with Crippen molar-refractivity contribution in [1.82, 2.24) is 0 Å². The summed E-state index contributed by atoms with van der Waals surface area (Å²) in [6.45, 7) is 1.30. The number of aliphatic hydroxyl groups excluding tert-OH is 1. The number of alkyl halides is 3. The van der Waals surface area contributed by atoms with E-state index in [-0.39, 0.29) is 16.9 Å². The van der Waals surface area contributed by atoms with Crippen molar-refractivity contribution >= 4 is 5.78 Å². The van der Waals surface area contributed by atoms with E-state index in [2.05, 4.69) is 0 Å². The Labute approximate surface area is 122 Å².